The first-order valence-corrected chi connectivity index (χ1v) is 16.2. The van der Waals surface area contributed by atoms with Crippen molar-refractivity contribution in [1.29, 1.82) is 0 Å². The Hall–Kier alpha value is -5.39. The summed E-state index contributed by atoms with van der Waals surface area (Å²) in [4.78, 5) is 51.0. The summed E-state index contributed by atoms with van der Waals surface area (Å²) < 4.78 is 19.0. The van der Waals surface area contributed by atoms with Crippen molar-refractivity contribution in [3.05, 3.63) is 112 Å². The molecule has 0 atom stereocenters. The number of Topliss-reactive ketones (excluding diaryl/α,β-unsaturated/α-hetero) is 1. The third-order valence-corrected chi connectivity index (χ3v) is 8.55. The molecule has 0 radical (unpaired) electrons. The summed E-state index contributed by atoms with van der Waals surface area (Å²) in [6, 6.07) is 21.2. The number of nitrogens with zero attached hydrogens (tertiary/aromatic N) is 4. The molecule has 1 aliphatic carbocycles. The number of ketones is 1. The van der Waals surface area contributed by atoms with E-state index >= 15 is 0 Å². The van der Waals surface area contributed by atoms with Crippen LogP contribution < -0.4 is 20.3 Å². The topological polar surface area (TPSA) is 125 Å². The Labute approximate surface area is 277 Å². The van der Waals surface area contributed by atoms with Crippen LogP contribution in [-0.2, 0) is 11.2 Å². The Morgan fingerprint density at radius 2 is 1.75 bits per heavy atom. The number of rotatable bonds is 10. The fourth-order valence-corrected chi connectivity index (χ4v) is 6.11. The average molecular weight is 646 g/mol. The zero-order valence-electron chi connectivity index (χ0n) is 26.4. The number of morpholine rings is 1. The molecule has 4 heterocycles. The smallest absolute Gasteiger partial charge is 0.268 e. The van der Waals surface area contributed by atoms with E-state index in [1.165, 1.54) is 16.8 Å². The number of carbonyl (C=O) groups is 2. The van der Waals surface area contributed by atoms with Crippen molar-refractivity contribution >= 4 is 28.4 Å². The highest BCUT2D eigenvalue weighted by molar-refractivity contribution is 6.06. The second-order valence-corrected chi connectivity index (χ2v) is 11.8. The molecule has 5 aromatic rings. The van der Waals surface area contributed by atoms with Crippen LogP contribution in [0.3, 0.4) is 0 Å². The summed E-state index contributed by atoms with van der Waals surface area (Å²) >= 11 is 0. The van der Waals surface area contributed by atoms with Crippen LogP contribution in [0.15, 0.2) is 90.0 Å². The van der Waals surface area contributed by atoms with Crippen LogP contribution in [0.1, 0.15) is 45.7 Å². The fourth-order valence-electron chi connectivity index (χ4n) is 6.11. The maximum atomic E-state index is 13.6. The van der Waals surface area contributed by atoms with Crippen LogP contribution >= 0.6 is 0 Å². The fraction of sp³-hybridized carbons (Fsp3) is 0.270. The number of hydrogen-bond donors (Lipinski definition) is 1. The molecule has 2 aliphatic rings. The van der Waals surface area contributed by atoms with E-state index in [2.05, 4.69) is 20.2 Å². The third kappa shape index (κ3) is 6.83. The highest BCUT2D eigenvalue weighted by Crippen LogP contribution is 2.31. The number of nitrogens with one attached hydrogen (secondary N) is 1. The van der Waals surface area contributed by atoms with E-state index < -0.39 is 11.5 Å². The van der Waals surface area contributed by atoms with Gasteiger partial charge in [0.25, 0.3) is 11.5 Å². The van der Waals surface area contributed by atoms with E-state index in [1.54, 1.807) is 36.5 Å². The number of fused-ring (bicyclic) bond motifs is 2. The summed E-state index contributed by atoms with van der Waals surface area (Å²) in [5.41, 5.74) is 1.76. The van der Waals surface area contributed by atoms with Crippen molar-refractivity contribution in [2.75, 3.05) is 44.8 Å². The maximum Gasteiger partial charge on any atom is 0.268 e. The van der Waals surface area contributed by atoms with Gasteiger partial charge < -0.3 is 19.5 Å². The number of aromatic nitrogens is 3. The molecule has 1 N–H and O–H groups in total. The molecule has 2 aromatic carbocycles. The van der Waals surface area contributed by atoms with Gasteiger partial charge in [0.15, 0.2) is 5.78 Å². The van der Waals surface area contributed by atoms with Gasteiger partial charge in [-0.25, -0.2) is 4.98 Å². The standard InChI is InChI=1S/C37H35N5O6/c43-33-9-4-8-32-29(33)23-30(37(45)42(32)25-6-2-1-3-7-25)36(44)40-35-13-11-27(24-39-35)48-34-14-15-38-31-22-26(10-12-28(31)34)47-19-5-16-41-17-20-46-21-18-41/h1-3,6-7,10-15,22-24H,4-5,8-9,16-21H2,(H,39,40,44). The van der Waals surface area contributed by atoms with Crippen LogP contribution in [0.4, 0.5) is 5.82 Å². The first-order valence-electron chi connectivity index (χ1n) is 16.2. The number of benzene rings is 2. The van der Waals surface area contributed by atoms with Gasteiger partial charge in [0, 0.05) is 60.6 Å². The number of amides is 1. The lowest BCUT2D eigenvalue weighted by Gasteiger charge is -2.26. The largest absolute Gasteiger partial charge is 0.493 e. The van der Waals surface area contributed by atoms with E-state index in [1.807, 2.05) is 36.4 Å². The zero-order chi connectivity index (χ0) is 32.9. The lowest BCUT2D eigenvalue weighted by Crippen LogP contribution is -2.37. The van der Waals surface area contributed by atoms with Crippen molar-refractivity contribution in [3.63, 3.8) is 0 Å². The molecule has 0 bridgehead atoms. The summed E-state index contributed by atoms with van der Waals surface area (Å²) in [7, 11) is 0. The average Bonchev–Trinajstić information content (AvgIpc) is 3.12. The van der Waals surface area contributed by atoms with Gasteiger partial charge in [0.1, 0.15) is 28.6 Å². The number of ether oxygens (including phenoxy) is 3. The Bertz CT molecular complexity index is 2010. The minimum atomic E-state index is -0.647. The monoisotopic (exact) mass is 645 g/mol. The molecule has 244 valence electrons. The van der Waals surface area contributed by atoms with E-state index in [-0.39, 0.29) is 17.2 Å². The molecule has 1 saturated heterocycles. The zero-order valence-corrected chi connectivity index (χ0v) is 26.4. The molecule has 1 amide bonds. The number of hydrogen-bond acceptors (Lipinski definition) is 9. The van der Waals surface area contributed by atoms with Crippen molar-refractivity contribution in [2.24, 2.45) is 0 Å². The quantitative estimate of drug-likeness (QED) is 0.198. The third-order valence-electron chi connectivity index (χ3n) is 8.55. The summed E-state index contributed by atoms with van der Waals surface area (Å²) in [5, 5.41) is 3.52. The first kappa shape index (κ1) is 31.2. The molecule has 0 unspecified atom stereocenters. The Balaban J connectivity index is 1.03. The summed E-state index contributed by atoms with van der Waals surface area (Å²) in [6.45, 7) is 5.10. The van der Waals surface area contributed by atoms with Gasteiger partial charge in [0.05, 0.1) is 31.5 Å². The predicted molar refractivity (Wildman–Crippen MR) is 181 cm³/mol. The van der Waals surface area contributed by atoms with Crippen LogP contribution in [0.25, 0.3) is 16.6 Å². The molecule has 1 aliphatic heterocycles. The van der Waals surface area contributed by atoms with Crippen LogP contribution in [0.2, 0.25) is 0 Å². The molecule has 0 spiro atoms. The van der Waals surface area contributed by atoms with Gasteiger partial charge >= 0.3 is 0 Å². The number of anilines is 1. The van der Waals surface area contributed by atoms with Crippen molar-refractivity contribution in [2.45, 2.75) is 25.7 Å². The number of para-hydroxylation sites is 1. The molecule has 1 fully saturated rings. The van der Waals surface area contributed by atoms with E-state index in [4.69, 9.17) is 14.2 Å². The first-order chi connectivity index (χ1) is 23.5. The van der Waals surface area contributed by atoms with E-state index in [9.17, 15) is 14.4 Å². The Morgan fingerprint density at radius 3 is 2.56 bits per heavy atom. The Morgan fingerprint density at radius 1 is 0.917 bits per heavy atom. The molecular formula is C37H35N5O6. The predicted octanol–water partition coefficient (Wildman–Crippen LogP) is 5.45. The van der Waals surface area contributed by atoms with Crippen LogP contribution in [-0.4, -0.2) is 70.6 Å². The molecule has 11 heteroatoms. The molecule has 7 rings (SSSR count). The minimum absolute atomic E-state index is 0.0820. The SMILES string of the molecule is O=C1CCCc2c1cc(C(=O)Nc1ccc(Oc3ccnc4cc(OCCCN5CCOCC5)ccc34)cn1)c(=O)n2-c1ccccc1. The lowest BCUT2D eigenvalue weighted by atomic mass is 9.92. The molecule has 48 heavy (non-hydrogen) atoms. The van der Waals surface area contributed by atoms with Gasteiger partial charge in [0.2, 0.25) is 0 Å². The van der Waals surface area contributed by atoms with Crippen LogP contribution in [0.5, 0.6) is 17.2 Å². The summed E-state index contributed by atoms with van der Waals surface area (Å²) in [5.74, 6) is 1.30. The molecule has 3 aromatic heterocycles. The molecular weight excluding hydrogens is 610 g/mol. The van der Waals surface area contributed by atoms with Crippen molar-refractivity contribution in [1.82, 2.24) is 19.4 Å². The van der Waals surface area contributed by atoms with Crippen molar-refractivity contribution < 1.29 is 23.8 Å². The Kier molecular flexibility index (Phi) is 9.21. The van der Waals surface area contributed by atoms with Crippen molar-refractivity contribution in [3.8, 4) is 22.9 Å². The molecule has 11 nitrogen and oxygen atoms in total. The highest BCUT2D eigenvalue weighted by Gasteiger charge is 2.26. The molecule has 0 saturated carbocycles. The lowest BCUT2D eigenvalue weighted by molar-refractivity contribution is 0.0358. The van der Waals surface area contributed by atoms with E-state index in [0.717, 1.165) is 55.9 Å². The van der Waals surface area contributed by atoms with Gasteiger partial charge in [-0.3, -0.25) is 28.8 Å². The van der Waals surface area contributed by atoms with Gasteiger partial charge in [-0.1, -0.05) is 18.2 Å². The normalized spacial score (nSPS) is 14.8. The second kappa shape index (κ2) is 14.2. The van der Waals surface area contributed by atoms with Crippen LogP contribution in [0, 0.1) is 0 Å². The highest BCUT2D eigenvalue weighted by atomic mass is 16.5. The van der Waals surface area contributed by atoms with Gasteiger partial charge in [-0.05, 0) is 67.8 Å². The number of carbonyl (C=O) groups excluding carboxylic acids is 2. The van der Waals surface area contributed by atoms with Gasteiger partial charge in [-0.2, -0.15) is 0 Å². The minimum Gasteiger partial charge on any atom is -0.493 e. The van der Waals surface area contributed by atoms with Gasteiger partial charge in [-0.15, -0.1) is 0 Å². The number of pyridine rings is 3. The maximum absolute atomic E-state index is 13.6. The second-order valence-electron chi connectivity index (χ2n) is 11.8. The summed E-state index contributed by atoms with van der Waals surface area (Å²) in [6.07, 6.45) is 5.70. The van der Waals surface area contributed by atoms with E-state index in [0.29, 0.717) is 54.3 Å².